The van der Waals surface area contributed by atoms with Gasteiger partial charge < -0.3 is 5.32 Å². The van der Waals surface area contributed by atoms with Crippen LogP contribution in [-0.2, 0) is 10.3 Å². The van der Waals surface area contributed by atoms with Gasteiger partial charge in [-0.05, 0) is 35.9 Å². The Morgan fingerprint density at radius 1 is 1.12 bits per heavy atom. The van der Waals surface area contributed by atoms with Crippen LogP contribution in [-0.4, -0.2) is 39.2 Å². The summed E-state index contributed by atoms with van der Waals surface area (Å²) in [5.74, 6) is 0.665. The average molecular weight is 462 g/mol. The summed E-state index contributed by atoms with van der Waals surface area (Å²) in [5, 5.41) is 3.73. The molecule has 1 amide bonds. The lowest BCUT2D eigenvalue weighted by atomic mass is 9.69. The van der Waals surface area contributed by atoms with Crippen molar-refractivity contribution < 1.29 is 9.59 Å². The first-order chi connectivity index (χ1) is 15.6. The number of amides is 1. The van der Waals surface area contributed by atoms with Crippen molar-refractivity contribution in [2.75, 3.05) is 16.9 Å². The fraction of sp³-hybridized carbons (Fsp3) is 0.240. The van der Waals surface area contributed by atoms with Gasteiger partial charge >= 0.3 is 0 Å². The lowest BCUT2D eigenvalue weighted by molar-refractivity contribution is -0.127. The highest BCUT2D eigenvalue weighted by atomic mass is 35.5. The summed E-state index contributed by atoms with van der Waals surface area (Å²) in [7, 11) is 0. The number of thioether (sulfide) groups is 1. The molecule has 1 N–H and O–H groups in total. The maximum atomic E-state index is 14.2. The van der Waals surface area contributed by atoms with Gasteiger partial charge in [-0.15, -0.1) is 11.8 Å². The smallest absolute Gasteiger partial charge is 0.250 e. The van der Waals surface area contributed by atoms with E-state index < -0.39 is 11.5 Å². The van der Waals surface area contributed by atoms with Gasteiger partial charge in [0, 0.05) is 57.8 Å². The summed E-state index contributed by atoms with van der Waals surface area (Å²) in [6.07, 6.45) is 3.26. The lowest BCUT2D eigenvalue weighted by Crippen LogP contribution is -2.52. The van der Waals surface area contributed by atoms with Crippen LogP contribution >= 0.6 is 23.4 Å². The Balaban J connectivity index is 1.62. The molecule has 0 saturated carbocycles. The highest BCUT2D eigenvalue weighted by molar-refractivity contribution is 7.99. The predicted octanol–water partition coefficient (Wildman–Crippen LogP) is 4.55. The van der Waals surface area contributed by atoms with Crippen LogP contribution in [0.25, 0.3) is 0 Å². The summed E-state index contributed by atoms with van der Waals surface area (Å²) in [4.78, 5) is 34.4. The third-order valence-electron chi connectivity index (χ3n) is 7.01. The SMILES string of the molecule is O=C(c1cccnc1)[C@@H]1[C@H](c2ccc(Cl)cc2)[C@H]2CSCN2[C@]12C(=O)Nc1ccccc12. The van der Waals surface area contributed by atoms with Crippen LogP contribution in [0, 0.1) is 5.92 Å². The molecule has 4 atom stereocenters. The molecule has 1 aromatic heterocycles. The van der Waals surface area contributed by atoms with Crippen molar-refractivity contribution in [1.29, 1.82) is 0 Å². The number of nitrogens with one attached hydrogen (secondary N) is 1. The molecule has 0 bridgehead atoms. The maximum absolute atomic E-state index is 14.2. The first-order valence-corrected chi connectivity index (χ1v) is 12.1. The monoisotopic (exact) mass is 461 g/mol. The minimum Gasteiger partial charge on any atom is -0.324 e. The van der Waals surface area contributed by atoms with Gasteiger partial charge in [-0.25, -0.2) is 0 Å². The molecule has 3 aliphatic heterocycles. The molecule has 32 heavy (non-hydrogen) atoms. The summed E-state index contributed by atoms with van der Waals surface area (Å²) in [6.45, 7) is 0. The number of pyridine rings is 1. The van der Waals surface area contributed by atoms with Crippen LogP contribution in [0.5, 0.6) is 0 Å². The Kier molecular flexibility index (Phi) is 4.64. The van der Waals surface area contributed by atoms with E-state index in [-0.39, 0.29) is 23.7 Å². The van der Waals surface area contributed by atoms with Gasteiger partial charge in [-0.2, -0.15) is 0 Å². The third-order valence-corrected chi connectivity index (χ3v) is 8.30. The quantitative estimate of drug-likeness (QED) is 0.579. The van der Waals surface area contributed by atoms with E-state index in [2.05, 4.69) is 15.2 Å². The van der Waals surface area contributed by atoms with Gasteiger partial charge in [0.15, 0.2) is 5.78 Å². The van der Waals surface area contributed by atoms with E-state index >= 15 is 0 Å². The van der Waals surface area contributed by atoms with E-state index in [1.807, 2.05) is 60.3 Å². The van der Waals surface area contributed by atoms with Crippen molar-refractivity contribution in [3.8, 4) is 0 Å². The van der Waals surface area contributed by atoms with Crippen LogP contribution in [0.1, 0.15) is 27.4 Å². The summed E-state index contributed by atoms with van der Waals surface area (Å²) in [5.41, 5.74) is 2.18. The summed E-state index contributed by atoms with van der Waals surface area (Å²) in [6, 6.07) is 19.1. The normalized spacial score (nSPS) is 28.5. The highest BCUT2D eigenvalue weighted by Gasteiger charge is 2.69. The second-order valence-corrected chi connectivity index (χ2v) is 9.90. The van der Waals surface area contributed by atoms with E-state index in [1.54, 1.807) is 24.5 Å². The molecule has 2 fully saturated rings. The molecule has 3 aromatic rings. The number of fused-ring (bicyclic) bond motifs is 4. The molecule has 7 heteroatoms. The number of ketones is 1. The Morgan fingerprint density at radius 2 is 1.94 bits per heavy atom. The number of anilines is 1. The van der Waals surface area contributed by atoms with E-state index in [0.717, 1.165) is 22.6 Å². The molecule has 0 aliphatic carbocycles. The number of rotatable bonds is 3. The number of carbonyl (C=O) groups excluding carboxylic acids is 2. The molecule has 5 nitrogen and oxygen atoms in total. The minimum atomic E-state index is -1.05. The second-order valence-electron chi connectivity index (χ2n) is 8.46. The van der Waals surface area contributed by atoms with Crippen molar-refractivity contribution >= 4 is 40.7 Å². The zero-order valence-electron chi connectivity index (χ0n) is 17.1. The topological polar surface area (TPSA) is 62.3 Å². The number of nitrogens with zero attached hydrogens (tertiary/aromatic N) is 2. The van der Waals surface area contributed by atoms with Crippen molar-refractivity contribution in [3.63, 3.8) is 0 Å². The minimum absolute atomic E-state index is 0.0516. The van der Waals surface area contributed by atoms with Crippen molar-refractivity contribution in [2.24, 2.45) is 5.92 Å². The number of benzene rings is 2. The molecular weight excluding hydrogens is 442 g/mol. The molecular formula is C25H20ClN3O2S. The van der Waals surface area contributed by atoms with Crippen LogP contribution in [0.2, 0.25) is 5.02 Å². The fourth-order valence-electron chi connectivity index (χ4n) is 5.78. The van der Waals surface area contributed by atoms with E-state index in [4.69, 9.17) is 11.6 Å². The summed E-state index contributed by atoms with van der Waals surface area (Å²) < 4.78 is 0. The fourth-order valence-corrected chi connectivity index (χ4v) is 7.23. The van der Waals surface area contributed by atoms with Crippen molar-refractivity contribution in [3.05, 3.63) is 94.8 Å². The van der Waals surface area contributed by atoms with Gasteiger partial charge in [-0.3, -0.25) is 19.5 Å². The molecule has 3 aliphatic rings. The maximum Gasteiger partial charge on any atom is 0.250 e. The number of hydrogen-bond donors (Lipinski definition) is 1. The van der Waals surface area contributed by atoms with E-state index in [1.165, 1.54) is 0 Å². The molecule has 0 unspecified atom stereocenters. The van der Waals surface area contributed by atoms with Crippen molar-refractivity contribution in [1.82, 2.24) is 9.88 Å². The largest absolute Gasteiger partial charge is 0.324 e. The van der Waals surface area contributed by atoms with Crippen molar-refractivity contribution in [2.45, 2.75) is 17.5 Å². The number of carbonyl (C=O) groups is 2. The number of halogens is 1. The number of Topliss-reactive ketones (excluding diaryl/α,β-unsaturated/α-hetero) is 1. The Hall–Kier alpha value is -2.67. The zero-order chi connectivity index (χ0) is 21.9. The Morgan fingerprint density at radius 3 is 2.72 bits per heavy atom. The van der Waals surface area contributed by atoms with Gasteiger partial charge in [-0.1, -0.05) is 41.9 Å². The van der Waals surface area contributed by atoms with Gasteiger partial charge in [0.1, 0.15) is 5.54 Å². The zero-order valence-corrected chi connectivity index (χ0v) is 18.6. The molecule has 2 saturated heterocycles. The first-order valence-electron chi connectivity index (χ1n) is 10.6. The van der Waals surface area contributed by atoms with Gasteiger partial charge in [0.25, 0.3) is 0 Å². The lowest BCUT2D eigenvalue weighted by Gasteiger charge is -2.36. The Bertz CT molecular complexity index is 1220. The van der Waals surface area contributed by atoms with Crippen LogP contribution in [0.4, 0.5) is 5.69 Å². The molecule has 160 valence electrons. The number of aromatic nitrogens is 1. The predicted molar refractivity (Wildman–Crippen MR) is 126 cm³/mol. The average Bonchev–Trinajstić information content (AvgIpc) is 3.48. The third kappa shape index (κ3) is 2.66. The molecule has 6 rings (SSSR count). The second kappa shape index (κ2) is 7.44. The van der Waals surface area contributed by atoms with E-state index in [9.17, 15) is 9.59 Å². The standard InChI is InChI=1S/C25H20ClN3O2S/c26-17-9-7-15(8-10-17)21-20-13-32-14-29(20)25(18-5-1-2-6-19(18)28-24(25)31)22(21)23(30)16-4-3-11-27-12-16/h1-12,20-22H,13-14H2,(H,28,31)/t20-,21-,22+,25+/m1/s1. The molecule has 1 spiro atoms. The van der Waals surface area contributed by atoms with Gasteiger partial charge in [0.05, 0.1) is 5.92 Å². The molecule has 2 aromatic carbocycles. The molecule has 0 radical (unpaired) electrons. The van der Waals surface area contributed by atoms with E-state index in [0.29, 0.717) is 16.5 Å². The van der Waals surface area contributed by atoms with Crippen LogP contribution in [0.3, 0.4) is 0 Å². The molecule has 4 heterocycles. The first kappa shape index (κ1) is 20.0. The van der Waals surface area contributed by atoms with Crippen LogP contribution in [0.15, 0.2) is 73.1 Å². The number of para-hydroxylation sites is 1. The van der Waals surface area contributed by atoms with Crippen LogP contribution < -0.4 is 5.32 Å². The van der Waals surface area contributed by atoms with Gasteiger partial charge in [0.2, 0.25) is 5.91 Å². The Labute approximate surface area is 195 Å². The summed E-state index contributed by atoms with van der Waals surface area (Å²) >= 11 is 7.99. The highest BCUT2D eigenvalue weighted by Crippen LogP contribution is 2.61. The number of hydrogen-bond acceptors (Lipinski definition) is 5.